The van der Waals surface area contributed by atoms with Crippen LogP contribution in [0.1, 0.15) is 24.1 Å². The number of halogens is 1. The number of benzene rings is 1. The van der Waals surface area contributed by atoms with E-state index in [0.29, 0.717) is 16.7 Å². The highest BCUT2D eigenvalue weighted by molar-refractivity contribution is 6.30. The number of hydrogen-bond acceptors (Lipinski definition) is 4. The molecule has 0 amide bonds. The zero-order valence-electron chi connectivity index (χ0n) is 11.3. The van der Waals surface area contributed by atoms with Crippen LogP contribution in [0.25, 0.3) is 0 Å². The van der Waals surface area contributed by atoms with Gasteiger partial charge in [0.25, 0.3) is 0 Å². The zero-order chi connectivity index (χ0) is 13.9. The van der Waals surface area contributed by atoms with Gasteiger partial charge in [-0.2, -0.15) is 0 Å². The Kier molecular flexibility index (Phi) is 3.74. The first-order chi connectivity index (χ1) is 9.76. The lowest BCUT2D eigenvalue weighted by atomic mass is 9.98. The average Bonchev–Trinajstić information content (AvgIpc) is 2.49. The molecule has 0 spiro atoms. The monoisotopic (exact) mass is 289 g/mol. The normalized spacial score (nSPS) is 13.7. The molecule has 0 aliphatic heterocycles. The standard InChI is InChI=1S/C15H16ClN3O/c1-20-14-8-11(16)6-7-13(14)19-15-17-9-10-4-2-3-5-12(10)18-15/h6-9H,2-5H2,1H3,(H,17,18,19). The van der Waals surface area contributed by atoms with Gasteiger partial charge in [-0.05, 0) is 43.4 Å². The molecule has 1 aromatic heterocycles. The number of anilines is 2. The smallest absolute Gasteiger partial charge is 0.227 e. The quantitative estimate of drug-likeness (QED) is 0.934. The zero-order valence-corrected chi connectivity index (χ0v) is 12.1. The van der Waals surface area contributed by atoms with E-state index >= 15 is 0 Å². The molecular weight excluding hydrogens is 274 g/mol. The van der Waals surface area contributed by atoms with Crippen molar-refractivity contribution in [1.82, 2.24) is 9.97 Å². The van der Waals surface area contributed by atoms with E-state index in [4.69, 9.17) is 16.3 Å². The number of aromatic nitrogens is 2. The summed E-state index contributed by atoms with van der Waals surface area (Å²) in [6.45, 7) is 0. The van der Waals surface area contributed by atoms with Gasteiger partial charge in [-0.1, -0.05) is 11.6 Å². The number of nitrogens with zero attached hydrogens (tertiary/aromatic N) is 2. The Morgan fingerprint density at radius 2 is 2.10 bits per heavy atom. The molecule has 0 bridgehead atoms. The molecule has 104 valence electrons. The van der Waals surface area contributed by atoms with Crippen LogP contribution in [0.3, 0.4) is 0 Å². The van der Waals surface area contributed by atoms with Crippen LogP contribution in [0.2, 0.25) is 5.02 Å². The highest BCUT2D eigenvalue weighted by Crippen LogP contribution is 2.30. The van der Waals surface area contributed by atoms with Crippen LogP contribution in [0.5, 0.6) is 5.75 Å². The summed E-state index contributed by atoms with van der Waals surface area (Å²) in [4.78, 5) is 8.97. The minimum absolute atomic E-state index is 0.603. The second-order valence-corrected chi connectivity index (χ2v) is 5.28. The third-order valence-electron chi connectivity index (χ3n) is 3.47. The maximum Gasteiger partial charge on any atom is 0.227 e. The molecule has 2 aromatic rings. The topological polar surface area (TPSA) is 47.0 Å². The van der Waals surface area contributed by atoms with Crippen molar-refractivity contribution in [3.63, 3.8) is 0 Å². The van der Waals surface area contributed by atoms with Crippen molar-refractivity contribution in [3.05, 3.63) is 40.7 Å². The third-order valence-corrected chi connectivity index (χ3v) is 3.71. The molecule has 0 atom stereocenters. The van der Waals surface area contributed by atoms with Crippen LogP contribution in [0.15, 0.2) is 24.4 Å². The number of fused-ring (bicyclic) bond motifs is 1. The lowest BCUT2D eigenvalue weighted by molar-refractivity contribution is 0.417. The fourth-order valence-corrected chi connectivity index (χ4v) is 2.59. The van der Waals surface area contributed by atoms with E-state index in [-0.39, 0.29) is 0 Å². The van der Waals surface area contributed by atoms with E-state index in [9.17, 15) is 0 Å². The summed E-state index contributed by atoms with van der Waals surface area (Å²) >= 11 is 5.95. The average molecular weight is 290 g/mol. The van der Waals surface area contributed by atoms with Crippen molar-refractivity contribution >= 4 is 23.2 Å². The number of rotatable bonds is 3. The fraction of sp³-hybridized carbons (Fsp3) is 0.333. The largest absolute Gasteiger partial charge is 0.495 e. The van der Waals surface area contributed by atoms with Gasteiger partial charge in [0, 0.05) is 23.0 Å². The van der Waals surface area contributed by atoms with Gasteiger partial charge in [0.2, 0.25) is 5.95 Å². The predicted molar refractivity (Wildman–Crippen MR) is 80.0 cm³/mol. The second kappa shape index (κ2) is 5.67. The number of nitrogens with one attached hydrogen (secondary N) is 1. The van der Waals surface area contributed by atoms with Crippen LogP contribution in [-0.4, -0.2) is 17.1 Å². The lowest BCUT2D eigenvalue weighted by Gasteiger charge is -2.16. The van der Waals surface area contributed by atoms with E-state index in [1.807, 2.05) is 18.3 Å². The number of ether oxygens (including phenoxy) is 1. The van der Waals surface area contributed by atoms with Gasteiger partial charge in [-0.15, -0.1) is 0 Å². The second-order valence-electron chi connectivity index (χ2n) is 4.84. The highest BCUT2D eigenvalue weighted by atomic mass is 35.5. The summed E-state index contributed by atoms with van der Waals surface area (Å²) in [7, 11) is 1.62. The molecule has 0 saturated heterocycles. The van der Waals surface area contributed by atoms with Crippen molar-refractivity contribution in [2.75, 3.05) is 12.4 Å². The Hall–Kier alpha value is -1.81. The van der Waals surface area contributed by atoms with Crippen LogP contribution in [-0.2, 0) is 12.8 Å². The Bertz CT molecular complexity index is 631. The highest BCUT2D eigenvalue weighted by Gasteiger charge is 2.13. The van der Waals surface area contributed by atoms with Gasteiger partial charge in [-0.3, -0.25) is 0 Å². The molecular formula is C15H16ClN3O. The van der Waals surface area contributed by atoms with Gasteiger partial charge >= 0.3 is 0 Å². The summed E-state index contributed by atoms with van der Waals surface area (Å²) < 4.78 is 5.31. The first kappa shape index (κ1) is 13.2. The maximum atomic E-state index is 5.95. The minimum Gasteiger partial charge on any atom is -0.495 e. The Morgan fingerprint density at radius 3 is 2.95 bits per heavy atom. The van der Waals surface area contributed by atoms with Gasteiger partial charge in [0.15, 0.2) is 0 Å². The molecule has 1 aliphatic carbocycles. The Labute approximate surface area is 123 Å². The van der Waals surface area contributed by atoms with Crippen LogP contribution >= 0.6 is 11.6 Å². The molecule has 3 rings (SSSR count). The van der Waals surface area contributed by atoms with Crippen LogP contribution in [0.4, 0.5) is 11.6 Å². The summed E-state index contributed by atoms with van der Waals surface area (Å²) in [6, 6.07) is 5.44. The molecule has 1 aliphatic rings. The first-order valence-electron chi connectivity index (χ1n) is 6.71. The Morgan fingerprint density at radius 1 is 1.25 bits per heavy atom. The molecule has 4 nitrogen and oxygen atoms in total. The number of aryl methyl sites for hydroxylation is 2. The van der Waals surface area contributed by atoms with Crippen molar-refractivity contribution in [2.45, 2.75) is 25.7 Å². The van der Waals surface area contributed by atoms with E-state index in [1.54, 1.807) is 13.2 Å². The fourth-order valence-electron chi connectivity index (χ4n) is 2.42. The molecule has 1 heterocycles. The van der Waals surface area contributed by atoms with E-state index in [2.05, 4.69) is 15.3 Å². The molecule has 5 heteroatoms. The van der Waals surface area contributed by atoms with Crippen molar-refractivity contribution in [3.8, 4) is 5.75 Å². The number of hydrogen-bond donors (Lipinski definition) is 1. The molecule has 0 radical (unpaired) electrons. The predicted octanol–water partition coefficient (Wildman–Crippen LogP) is 3.76. The summed E-state index contributed by atoms with van der Waals surface area (Å²) in [5.41, 5.74) is 3.24. The van der Waals surface area contributed by atoms with Gasteiger partial charge in [-0.25, -0.2) is 9.97 Å². The summed E-state index contributed by atoms with van der Waals surface area (Å²) in [5, 5.41) is 3.83. The van der Waals surface area contributed by atoms with Gasteiger partial charge in [0.05, 0.1) is 12.8 Å². The van der Waals surface area contributed by atoms with Crippen molar-refractivity contribution < 1.29 is 4.74 Å². The summed E-state index contributed by atoms with van der Waals surface area (Å²) in [6.07, 6.45) is 6.47. The Balaban J connectivity index is 1.87. The molecule has 0 saturated carbocycles. The minimum atomic E-state index is 0.603. The molecule has 20 heavy (non-hydrogen) atoms. The van der Waals surface area contributed by atoms with Crippen molar-refractivity contribution in [2.24, 2.45) is 0 Å². The molecule has 0 fully saturated rings. The number of methoxy groups -OCH3 is 1. The van der Waals surface area contributed by atoms with E-state index < -0.39 is 0 Å². The van der Waals surface area contributed by atoms with E-state index in [0.717, 1.165) is 24.2 Å². The SMILES string of the molecule is COc1cc(Cl)ccc1Nc1ncc2c(n1)CCCC2. The van der Waals surface area contributed by atoms with Gasteiger partial charge < -0.3 is 10.1 Å². The van der Waals surface area contributed by atoms with E-state index in [1.165, 1.54) is 18.4 Å². The van der Waals surface area contributed by atoms with Crippen LogP contribution < -0.4 is 10.1 Å². The van der Waals surface area contributed by atoms with Crippen LogP contribution in [0, 0.1) is 0 Å². The molecule has 1 aromatic carbocycles. The summed E-state index contributed by atoms with van der Waals surface area (Å²) in [5.74, 6) is 1.28. The van der Waals surface area contributed by atoms with Gasteiger partial charge in [0.1, 0.15) is 5.75 Å². The maximum absolute atomic E-state index is 5.95. The third kappa shape index (κ3) is 2.70. The lowest BCUT2D eigenvalue weighted by Crippen LogP contribution is -2.08. The molecule has 1 N–H and O–H groups in total. The van der Waals surface area contributed by atoms with Crippen molar-refractivity contribution in [1.29, 1.82) is 0 Å². The molecule has 0 unspecified atom stereocenters. The first-order valence-corrected chi connectivity index (χ1v) is 7.09.